The molecule has 0 aliphatic carbocycles. The predicted molar refractivity (Wildman–Crippen MR) is 54.5 cm³/mol. The zero-order valence-electron chi connectivity index (χ0n) is 8.25. The monoisotopic (exact) mass is 179 g/mol. The molecule has 1 aromatic heterocycles. The molecule has 1 rings (SSSR count). The van der Waals surface area contributed by atoms with E-state index < -0.39 is 0 Å². The first-order valence-electron chi connectivity index (χ1n) is 4.60. The van der Waals surface area contributed by atoms with Crippen molar-refractivity contribution >= 4 is 0 Å². The number of nitrogens with one attached hydrogen (secondary N) is 2. The number of nitrogens with zero attached hydrogens (tertiary/aromatic N) is 1. The fourth-order valence-electron chi connectivity index (χ4n) is 1.17. The van der Waals surface area contributed by atoms with Crippen LogP contribution in [-0.2, 0) is 6.54 Å². The third kappa shape index (κ3) is 4.01. The summed E-state index contributed by atoms with van der Waals surface area (Å²) in [4.78, 5) is 4.05. The number of pyridine rings is 1. The van der Waals surface area contributed by atoms with Crippen LogP contribution in [0.1, 0.15) is 12.5 Å². The highest BCUT2D eigenvalue weighted by molar-refractivity contribution is 5.07. The lowest BCUT2D eigenvalue weighted by Crippen LogP contribution is -2.34. The summed E-state index contributed by atoms with van der Waals surface area (Å²) in [7, 11) is 1.96. The first-order valence-corrected chi connectivity index (χ1v) is 4.60. The van der Waals surface area contributed by atoms with E-state index in [1.54, 1.807) is 6.20 Å². The average molecular weight is 179 g/mol. The molecular weight excluding hydrogens is 162 g/mol. The molecule has 3 nitrogen and oxygen atoms in total. The van der Waals surface area contributed by atoms with Crippen LogP contribution in [0, 0.1) is 0 Å². The van der Waals surface area contributed by atoms with Gasteiger partial charge in [0.05, 0.1) is 0 Å². The van der Waals surface area contributed by atoms with Crippen LogP contribution in [0.2, 0.25) is 0 Å². The first kappa shape index (κ1) is 10.2. The van der Waals surface area contributed by atoms with Crippen LogP contribution >= 0.6 is 0 Å². The van der Waals surface area contributed by atoms with Crippen LogP contribution in [-0.4, -0.2) is 24.6 Å². The standard InChI is InChI=1S/C10H17N3/c1-9(6-11-2)13-8-10-4-3-5-12-7-10/h3-5,7,9,11,13H,6,8H2,1-2H3. The highest BCUT2D eigenvalue weighted by Crippen LogP contribution is 1.94. The highest BCUT2D eigenvalue weighted by Gasteiger charge is 1.98. The average Bonchev–Trinajstić information content (AvgIpc) is 2.17. The van der Waals surface area contributed by atoms with Crippen molar-refractivity contribution in [3.63, 3.8) is 0 Å². The van der Waals surface area contributed by atoms with Crippen LogP contribution in [0.25, 0.3) is 0 Å². The topological polar surface area (TPSA) is 37.0 Å². The lowest BCUT2D eigenvalue weighted by Gasteiger charge is -2.12. The Bertz CT molecular complexity index is 223. The van der Waals surface area contributed by atoms with Crippen molar-refractivity contribution in [3.8, 4) is 0 Å². The number of hydrogen-bond donors (Lipinski definition) is 2. The van der Waals surface area contributed by atoms with E-state index in [0.717, 1.165) is 13.1 Å². The molecular formula is C10H17N3. The molecule has 72 valence electrons. The van der Waals surface area contributed by atoms with Crippen molar-refractivity contribution in [2.45, 2.75) is 19.5 Å². The van der Waals surface area contributed by atoms with Gasteiger partial charge in [-0.05, 0) is 25.6 Å². The molecule has 1 heterocycles. The molecule has 3 heteroatoms. The molecule has 1 unspecified atom stereocenters. The van der Waals surface area contributed by atoms with Crippen LogP contribution < -0.4 is 10.6 Å². The molecule has 0 fully saturated rings. The Morgan fingerprint density at radius 3 is 3.00 bits per heavy atom. The SMILES string of the molecule is CNCC(C)NCc1cccnc1. The Morgan fingerprint density at radius 2 is 2.38 bits per heavy atom. The Kier molecular flexibility index (Phi) is 4.43. The number of rotatable bonds is 5. The zero-order chi connectivity index (χ0) is 9.52. The minimum absolute atomic E-state index is 0.491. The van der Waals surface area contributed by atoms with Gasteiger partial charge in [0.25, 0.3) is 0 Å². The van der Waals surface area contributed by atoms with E-state index in [1.807, 2.05) is 19.3 Å². The Balaban J connectivity index is 2.27. The summed E-state index contributed by atoms with van der Waals surface area (Å²) in [6.45, 7) is 4.03. The predicted octanol–water partition coefficient (Wildman–Crippen LogP) is 0.779. The van der Waals surface area contributed by atoms with Crippen LogP contribution in [0.5, 0.6) is 0 Å². The molecule has 0 aromatic carbocycles. The van der Waals surface area contributed by atoms with Gasteiger partial charge in [0.15, 0.2) is 0 Å². The van der Waals surface area contributed by atoms with Gasteiger partial charge in [0.1, 0.15) is 0 Å². The smallest absolute Gasteiger partial charge is 0.0312 e. The molecule has 0 saturated carbocycles. The van der Waals surface area contributed by atoms with Crippen molar-refractivity contribution in [3.05, 3.63) is 30.1 Å². The van der Waals surface area contributed by atoms with Crippen LogP contribution in [0.4, 0.5) is 0 Å². The lowest BCUT2D eigenvalue weighted by molar-refractivity contribution is 0.522. The van der Waals surface area contributed by atoms with Crippen molar-refractivity contribution in [1.29, 1.82) is 0 Å². The van der Waals surface area contributed by atoms with Crippen molar-refractivity contribution in [2.24, 2.45) is 0 Å². The van der Waals surface area contributed by atoms with E-state index in [4.69, 9.17) is 0 Å². The molecule has 0 saturated heterocycles. The summed E-state index contributed by atoms with van der Waals surface area (Å²) in [6.07, 6.45) is 3.68. The molecule has 0 aliphatic rings. The molecule has 0 aliphatic heterocycles. The summed E-state index contributed by atoms with van der Waals surface area (Å²) in [6, 6.07) is 4.52. The maximum atomic E-state index is 4.05. The minimum atomic E-state index is 0.491. The summed E-state index contributed by atoms with van der Waals surface area (Å²) in [5.41, 5.74) is 1.23. The largest absolute Gasteiger partial charge is 0.318 e. The van der Waals surface area contributed by atoms with E-state index in [0.29, 0.717) is 6.04 Å². The van der Waals surface area contributed by atoms with Crippen molar-refractivity contribution in [1.82, 2.24) is 15.6 Å². The van der Waals surface area contributed by atoms with Gasteiger partial charge in [-0.1, -0.05) is 6.07 Å². The second-order valence-electron chi connectivity index (χ2n) is 3.20. The van der Waals surface area contributed by atoms with Gasteiger partial charge >= 0.3 is 0 Å². The van der Waals surface area contributed by atoms with Gasteiger partial charge in [-0.3, -0.25) is 4.98 Å². The van der Waals surface area contributed by atoms with E-state index in [-0.39, 0.29) is 0 Å². The molecule has 0 bridgehead atoms. The summed E-state index contributed by atoms with van der Waals surface area (Å²) < 4.78 is 0. The van der Waals surface area contributed by atoms with Gasteiger partial charge in [-0.2, -0.15) is 0 Å². The molecule has 2 N–H and O–H groups in total. The maximum absolute atomic E-state index is 4.05. The Morgan fingerprint density at radius 1 is 1.54 bits per heavy atom. The van der Waals surface area contributed by atoms with Crippen LogP contribution in [0.15, 0.2) is 24.5 Å². The Hall–Kier alpha value is -0.930. The third-order valence-electron chi connectivity index (χ3n) is 1.89. The minimum Gasteiger partial charge on any atom is -0.318 e. The molecule has 0 spiro atoms. The molecule has 0 radical (unpaired) electrons. The number of hydrogen-bond acceptors (Lipinski definition) is 3. The molecule has 13 heavy (non-hydrogen) atoms. The highest BCUT2D eigenvalue weighted by atomic mass is 15.0. The van der Waals surface area contributed by atoms with Crippen LogP contribution in [0.3, 0.4) is 0 Å². The quantitative estimate of drug-likeness (QED) is 0.701. The van der Waals surface area contributed by atoms with E-state index in [2.05, 4.69) is 28.6 Å². The van der Waals surface area contributed by atoms with E-state index in [9.17, 15) is 0 Å². The fraction of sp³-hybridized carbons (Fsp3) is 0.500. The van der Waals surface area contributed by atoms with E-state index >= 15 is 0 Å². The third-order valence-corrected chi connectivity index (χ3v) is 1.89. The van der Waals surface area contributed by atoms with Gasteiger partial charge < -0.3 is 10.6 Å². The maximum Gasteiger partial charge on any atom is 0.0312 e. The normalized spacial score (nSPS) is 12.8. The second-order valence-corrected chi connectivity index (χ2v) is 3.20. The first-order chi connectivity index (χ1) is 6.33. The fourth-order valence-corrected chi connectivity index (χ4v) is 1.17. The summed E-state index contributed by atoms with van der Waals surface area (Å²) in [5.74, 6) is 0. The van der Waals surface area contributed by atoms with E-state index in [1.165, 1.54) is 5.56 Å². The van der Waals surface area contributed by atoms with Crippen molar-refractivity contribution in [2.75, 3.05) is 13.6 Å². The number of likely N-dealkylation sites (N-methyl/N-ethyl adjacent to an activating group) is 1. The zero-order valence-corrected chi connectivity index (χ0v) is 8.25. The Labute approximate surface area is 79.6 Å². The second kappa shape index (κ2) is 5.67. The summed E-state index contributed by atoms with van der Waals surface area (Å²) >= 11 is 0. The van der Waals surface area contributed by atoms with Crippen molar-refractivity contribution < 1.29 is 0 Å². The van der Waals surface area contributed by atoms with Gasteiger partial charge in [-0.25, -0.2) is 0 Å². The van der Waals surface area contributed by atoms with Gasteiger partial charge in [0.2, 0.25) is 0 Å². The van der Waals surface area contributed by atoms with Gasteiger partial charge in [0, 0.05) is 31.5 Å². The molecule has 1 atom stereocenters. The molecule has 1 aromatic rings. The lowest BCUT2D eigenvalue weighted by atomic mass is 10.2. The number of aromatic nitrogens is 1. The summed E-state index contributed by atoms with van der Waals surface area (Å²) in [5, 5.41) is 6.52. The molecule has 0 amide bonds. The van der Waals surface area contributed by atoms with Gasteiger partial charge in [-0.15, -0.1) is 0 Å².